The molecule has 0 aromatic heterocycles. The number of ketones is 1. The summed E-state index contributed by atoms with van der Waals surface area (Å²) in [7, 11) is 1.54. The maximum atomic E-state index is 11.8. The van der Waals surface area contributed by atoms with E-state index in [9.17, 15) is 4.79 Å². The number of aryl methyl sites for hydroxylation is 1. The molecule has 0 radical (unpaired) electrons. The average Bonchev–Trinajstić information content (AvgIpc) is 2.28. The third-order valence-electron chi connectivity index (χ3n) is 2.36. The number of carbonyl (C=O) groups excluding carboxylic acids is 1. The molecule has 0 aliphatic rings. The molecule has 0 heterocycles. The molecule has 0 amide bonds. The van der Waals surface area contributed by atoms with Crippen LogP contribution in [-0.4, -0.2) is 24.6 Å². The second-order valence-electron chi connectivity index (χ2n) is 3.55. The lowest BCUT2D eigenvalue weighted by Gasteiger charge is -2.09. The van der Waals surface area contributed by atoms with Crippen molar-refractivity contribution in [2.45, 2.75) is 19.8 Å². The molecule has 0 fully saturated rings. The first-order valence-electron chi connectivity index (χ1n) is 5.08. The summed E-state index contributed by atoms with van der Waals surface area (Å²) >= 11 is 5.95. The zero-order chi connectivity index (χ0) is 12.1. The molecule has 1 rings (SSSR count). The minimum Gasteiger partial charge on any atom is -0.495 e. The van der Waals surface area contributed by atoms with Crippen LogP contribution in [0, 0.1) is 6.92 Å². The van der Waals surface area contributed by atoms with Gasteiger partial charge < -0.3 is 9.84 Å². The van der Waals surface area contributed by atoms with Crippen LogP contribution in [0.15, 0.2) is 12.1 Å². The molecule has 0 saturated heterocycles. The number of methoxy groups -OCH3 is 1. The first-order chi connectivity index (χ1) is 7.60. The molecule has 0 saturated carbocycles. The van der Waals surface area contributed by atoms with Gasteiger partial charge in [-0.15, -0.1) is 0 Å². The highest BCUT2D eigenvalue weighted by atomic mass is 35.5. The van der Waals surface area contributed by atoms with Crippen molar-refractivity contribution in [3.63, 3.8) is 0 Å². The second-order valence-corrected chi connectivity index (χ2v) is 3.96. The molecule has 3 nitrogen and oxygen atoms in total. The summed E-state index contributed by atoms with van der Waals surface area (Å²) in [4.78, 5) is 11.8. The maximum Gasteiger partial charge on any atom is 0.163 e. The highest BCUT2D eigenvalue weighted by molar-refractivity contribution is 6.32. The van der Waals surface area contributed by atoms with Crippen LogP contribution in [0.4, 0.5) is 0 Å². The Kier molecular flexibility index (Phi) is 4.77. The standard InChI is InChI=1S/C12H15ClO3/c1-8-6-12(16-2)10(13)7-9(8)11(15)4-3-5-14/h6-7,14H,3-5H2,1-2H3. The minimum absolute atomic E-state index is 0.00361. The van der Waals surface area contributed by atoms with Gasteiger partial charge in [0.05, 0.1) is 12.1 Å². The van der Waals surface area contributed by atoms with Crippen molar-refractivity contribution >= 4 is 17.4 Å². The first-order valence-corrected chi connectivity index (χ1v) is 5.46. The lowest BCUT2D eigenvalue weighted by atomic mass is 10.0. The van der Waals surface area contributed by atoms with E-state index in [1.165, 1.54) is 7.11 Å². The maximum absolute atomic E-state index is 11.8. The van der Waals surface area contributed by atoms with Gasteiger partial charge in [-0.1, -0.05) is 11.6 Å². The van der Waals surface area contributed by atoms with Crippen LogP contribution >= 0.6 is 11.6 Å². The van der Waals surface area contributed by atoms with E-state index in [0.29, 0.717) is 29.2 Å². The van der Waals surface area contributed by atoms with Crippen LogP contribution in [0.1, 0.15) is 28.8 Å². The fourth-order valence-corrected chi connectivity index (χ4v) is 1.73. The van der Waals surface area contributed by atoms with E-state index in [0.717, 1.165) is 5.56 Å². The number of ether oxygens (including phenoxy) is 1. The molecule has 4 heteroatoms. The van der Waals surface area contributed by atoms with Crippen LogP contribution in [0.5, 0.6) is 5.75 Å². The van der Waals surface area contributed by atoms with Gasteiger partial charge in [-0.2, -0.15) is 0 Å². The lowest BCUT2D eigenvalue weighted by molar-refractivity contribution is 0.0970. The van der Waals surface area contributed by atoms with Crippen molar-refractivity contribution in [1.29, 1.82) is 0 Å². The van der Waals surface area contributed by atoms with Gasteiger partial charge in [0.25, 0.3) is 0 Å². The summed E-state index contributed by atoms with van der Waals surface area (Å²) in [5, 5.41) is 9.10. The molecule has 1 N–H and O–H groups in total. The predicted octanol–water partition coefficient (Wildman–Crippen LogP) is 2.61. The van der Waals surface area contributed by atoms with Crippen molar-refractivity contribution in [1.82, 2.24) is 0 Å². The number of Topliss-reactive ketones (excluding diaryl/α,β-unsaturated/α-hetero) is 1. The third kappa shape index (κ3) is 2.97. The predicted molar refractivity (Wildman–Crippen MR) is 63.4 cm³/mol. The highest BCUT2D eigenvalue weighted by Gasteiger charge is 2.12. The Morgan fingerprint density at radius 2 is 2.19 bits per heavy atom. The normalized spacial score (nSPS) is 10.2. The number of benzene rings is 1. The van der Waals surface area contributed by atoms with Crippen LogP contribution < -0.4 is 4.74 Å². The van der Waals surface area contributed by atoms with E-state index in [1.54, 1.807) is 12.1 Å². The van der Waals surface area contributed by atoms with Gasteiger partial charge in [0.2, 0.25) is 0 Å². The number of rotatable bonds is 5. The Morgan fingerprint density at radius 1 is 1.50 bits per heavy atom. The van der Waals surface area contributed by atoms with Gasteiger partial charge in [-0.05, 0) is 31.0 Å². The van der Waals surface area contributed by atoms with Gasteiger partial charge in [0.15, 0.2) is 5.78 Å². The number of carbonyl (C=O) groups is 1. The Balaban J connectivity index is 2.97. The summed E-state index contributed by atoms with van der Waals surface area (Å²) in [6, 6.07) is 3.37. The van der Waals surface area contributed by atoms with E-state index in [1.807, 2.05) is 6.92 Å². The van der Waals surface area contributed by atoms with Crippen molar-refractivity contribution < 1.29 is 14.6 Å². The third-order valence-corrected chi connectivity index (χ3v) is 2.66. The number of hydrogen-bond donors (Lipinski definition) is 1. The lowest BCUT2D eigenvalue weighted by Crippen LogP contribution is -2.03. The summed E-state index contributed by atoms with van der Waals surface area (Å²) < 4.78 is 5.06. The van der Waals surface area contributed by atoms with Crippen LogP contribution in [-0.2, 0) is 0 Å². The topological polar surface area (TPSA) is 46.5 Å². The molecule has 16 heavy (non-hydrogen) atoms. The minimum atomic E-state index is -0.00361. The molecule has 0 unspecified atom stereocenters. The zero-order valence-electron chi connectivity index (χ0n) is 9.42. The van der Waals surface area contributed by atoms with Crippen molar-refractivity contribution in [2.75, 3.05) is 13.7 Å². The molecular formula is C12H15ClO3. The highest BCUT2D eigenvalue weighted by Crippen LogP contribution is 2.28. The molecule has 0 bridgehead atoms. The molecular weight excluding hydrogens is 228 g/mol. The van der Waals surface area contributed by atoms with Crippen molar-refractivity contribution in [2.24, 2.45) is 0 Å². The summed E-state index contributed by atoms with van der Waals surface area (Å²) in [5.74, 6) is 0.564. The zero-order valence-corrected chi connectivity index (χ0v) is 10.2. The number of aliphatic hydroxyl groups excluding tert-OH is 1. The van der Waals surface area contributed by atoms with Crippen LogP contribution in [0.3, 0.4) is 0 Å². The van der Waals surface area contributed by atoms with Gasteiger partial charge >= 0.3 is 0 Å². The largest absolute Gasteiger partial charge is 0.495 e. The molecule has 0 aliphatic heterocycles. The van der Waals surface area contributed by atoms with Gasteiger partial charge in [-0.25, -0.2) is 0 Å². The van der Waals surface area contributed by atoms with Crippen molar-refractivity contribution in [3.05, 3.63) is 28.3 Å². The first kappa shape index (κ1) is 13.0. The molecule has 1 aromatic carbocycles. The van der Waals surface area contributed by atoms with Gasteiger partial charge in [0.1, 0.15) is 5.75 Å². The van der Waals surface area contributed by atoms with Crippen molar-refractivity contribution in [3.8, 4) is 5.75 Å². The SMILES string of the molecule is COc1cc(C)c(C(=O)CCCO)cc1Cl. The van der Waals surface area contributed by atoms with E-state index in [4.69, 9.17) is 21.4 Å². The fourth-order valence-electron chi connectivity index (χ4n) is 1.49. The van der Waals surface area contributed by atoms with Crippen LogP contribution in [0.25, 0.3) is 0 Å². The smallest absolute Gasteiger partial charge is 0.163 e. The monoisotopic (exact) mass is 242 g/mol. The van der Waals surface area contributed by atoms with Gasteiger partial charge in [-0.3, -0.25) is 4.79 Å². The van der Waals surface area contributed by atoms with E-state index >= 15 is 0 Å². The Morgan fingerprint density at radius 3 is 2.75 bits per heavy atom. The van der Waals surface area contributed by atoms with Gasteiger partial charge in [0, 0.05) is 18.6 Å². The average molecular weight is 243 g/mol. The number of halogens is 1. The Hall–Kier alpha value is -1.06. The quantitative estimate of drug-likeness (QED) is 0.808. The summed E-state index contributed by atoms with van der Waals surface area (Å²) in [6.07, 6.45) is 0.807. The molecule has 0 atom stereocenters. The van der Waals surface area contributed by atoms with E-state index in [2.05, 4.69) is 0 Å². The van der Waals surface area contributed by atoms with E-state index < -0.39 is 0 Å². The molecule has 0 spiro atoms. The Bertz CT molecular complexity index is 388. The molecule has 88 valence electrons. The number of aliphatic hydroxyl groups is 1. The Labute approximate surface area is 100.0 Å². The van der Waals surface area contributed by atoms with Crippen LogP contribution in [0.2, 0.25) is 5.02 Å². The molecule has 0 aliphatic carbocycles. The summed E-state index contributed by atoms with van der Waals surface area (Å²) in [6.45, 7) is 1.86. The number of hydrogen-bond acceptors (Lipinski definition) is 3. The fraction of sp³-hybridized carbons (Fsp3) is 0.417. The van der Waals surface area contributed by atoms with E-state index in [-0.39, 0.29) is 12.4 Å². The summed E-state index contributed by atoms with van der Waals surface area (Å²) in [5.41, 5.74) is 1.43. The second kappa shape index (κ2) is 5.87. The molecule has 1 aromatic rings.